The van der Waals surface area contributed by atoms with Crippen LogP contribution in [0.4, 0.5) is 5.69 Å². The molecule has 6 heteroatoms. The van der Waals surface area contributed by atoms with Crippen LogP contribution in [0, 0.1) is 0 Å². The maximum absolute atomic E-state index is 12.0. The minimum atomic E-state index is -0.696. The molecule has 0 aromatic carbocycles. The van der Waals surface area contributed by atoms with Gasteiger partial charge in [0.15, 0.2) is 0 Å². The first kappa shape index (κ1) is 14.9. The van der Waals surface area contributed by atoms with Crippen molar-refractivity contribution in [3.63, 3.8) is 0 Å². The van der Waals surface area contributed by atoms with Crippen LogP contribution in [0.15, 0.2) is 18.3 Å². The summed E-state index contributed by atoms with van der Waals surface area (Å²) < 4.78 is 0. The van der Waals surface area contributed by atoms with Gasteiger partial charge < -0.3 is 16.4 Å². The molecule has 0 bridgehead atoms. The van der Waals surface area contributed by atoms with Gasteiger partial charge in [-0.3, -0.25) is 14.6 Å². The molecule has 6 nitrogen and oxygen atoms in total. The van der Waals surface area contributed by atoms with Crippen LogP contribution in [0.5, 0.6) is 0 Å². The number of nitrogens with two attached hydrogens (primary N) is 1. The lowest BCUT2D eigenvalue weighted by molar-refractivity contribution is -0.119. The summed E-state index contributed by atoms with van der Waals surface area (Å²) in [5, 5.41) is 5.85. The van der Waals surface area contributed by atoms with Crippen LogP contribution in [0.3, 0.4) is 0 Å². The molecule has 0 unspecified atom stereocenters. The highest BCUT2D eigenvalue weighted by Crippen LogP contribution is 2.11. The highest BCUT2D eigenvalue weighted by molar-refractivity contribution is 5.94. The highest BCUT2D eigenvalue weighted by Gasteiger charge is 2.24. The molecule has 0 fully saturated rings. The zero-order chi connectivity index (χ0) is 14.5. The summed E-state index contributed by atoms with van der Waals surface area (Å²) in [7, 11) is 0. The number of carbonyl (C=O) groups excluding carboxylic acids is 2. The van der Waals surface area contributed by atoms with Crippen LogP contribution in [0.1, 0.15) is 37.7 Å². The van der Waals surface area contributed by atoms with Crippen molar-refractivity contribution in [2.24, 2.45) is 5.73 Å². The summed E-state index contributed by atoms with van der Waals surface area (Å²) >= 11 is 0. The Labute approximate surface area is 112 Å². The van der Waals surface area contributed by atoms with Crippen LogP contribution >= 0.6 is 0 Å². The van der Waals surface area contributed by atoms with Gasteiger partial charge in [0, 0.05) is 30.4 Å². The largest absolute Gasteiger partial charge is 0.385 e. The van der Waals surface area contributed by atoms with Gasteiger partial charge in [-0.1, -0.05) is 0 Å². The van der Waals surface area contributed by atoms with Crippen LogP contribution in [-0.4, -0.2) is 28.9 Å². The summed E-state index contributed by atoms with van der Waals surface area (Å²) in [5.41, 5.74) is 5.58. The maximum atomic E-state index is 12.0. The van der Waals surface area contributed by atoms with Crippen molar-refractivity contribution in [3.05, 3.63) is 24.0 Å². The Morgan fingerprint density at radius 2 is 2.11 bits per heavy atom. The van der Waals surface area contributed by atoms with E-state index in [4.69, 9.17) is 5.73 Å². The van der Waals surface area contributed by atoms with Gasteiger partial charge in [0.2, 0.25) is 5.91 Å². The second-order valence-corrected chi connectivity index (χ2v) is 4.94. The second-order valence-electron chi connectivity index (χ2n) is 4.94. The molecule has 1 aromatic heterocycles. The van der Waals surface area contributed by atoms with Gasteiger partial charge >= 0.3 is 0 Å². The van der Waals surface area contributed by atoms with Crippen LogP contribution in [-0.2, 0) is 4.79 Å². The molecule has 0 aliphatic rings. The van der Waals surface area contributed by atoms with Crippen molar-refractivity contribution in [3.8, 4) is 0 Å². The Bertz CT molecular complexity index is 471. The number of rotatable bonds is 6. The van der Waals surface area contributed by atoms with E-state index < -0.39 is 11.4 Å². The number of hydrogen-bond acceptors (Lipinski definition) is 4. The summed E-state index contributed by atoms with van der Waals surface area (Å²) in [6, 6.07) is 3.45. The molecule has 0 aliphatic heterocycles. The number of carbonyl (C=O) groups is 2. The fourth-order valence-electron chi connectivity index (χ4n) is 1.72. The number of amides is 2. The Morgan fingerprint density at radius 3 is 2.68 bits per heavy atom. The third-order valence-corrected chi connectivity index (χ3v) is 2.44. The molecule has 0 spiro atoms. The van der Waals surface area contributed by atoms with E-state index in [2.05, 4.69) is 15.6 Å². The molecule has 0 aliphatic carbocycles. The van der Waals surface area contributed by atoms with E-state index in [9.17, 15) is 9.59 Å². The molecule has 0 atom stereocenters. The smallest absolute Gasteiger partial charge is 0.270 e. The van der Waals surface area contributed by atoms with Gasteiger partial charge in [0.05, 0.1) is 0 Å². The van der Waals surface area contributed by atoms with Gasteiger partial charge in [0.1, 0.15) is 5.69 Å². The number of primary amides is 1. The minimum Gasteiger partial charge on any atom is -0.385 e. The Kier molecular flexibility index (Phi) is 4.86. The fraction of sp³-hybridized carbons (Fsp3) is 0.462. The average Bonchev–Trinajstić information content (AvgIpc) is 2.27. The van der Waals surface area contributed by atoms with E-state index >= 15 is 0 Å². The van der Waals surface area contributed by atoms with E-state index in [1.54, 1.807) is 32.2 Å². The standard InChI is InChI=1S/C13H20N4O2/c1-4-15-9-5-6-16-10(7-9)12(19)17-13(2,3)8-11(14)18/h5-7H,4,8H2,1-3H3,(H2,14,18)(H,15,16)(H,17,19). The third-order valence-electron chi connectivity index (χ3n) is 2.44. The average molecular weight is 264 g/mol. The molecule has 19 heavy (non-hydrogen) atoms. The SMILES string of the molecule is CCNc1ccnc(C(=O)NC(C)(C)CC(N)=O)c1. The van der Waals surface area contributed by atoms with E-state index in [0.717, 1.165) is 12.2 Å². The lowest BCUT2D eigenvalue weighted by atomic mass is 10.00. The molecule has 0 radical (unpaired) electrons. The Balaban J connectivity index is 2.77. The van der Waals surface area contributed by atoms with Gasteiger partial charge in [-0.25, -0.2) is 0 Å². The Hall–Kier alpha value is -2.11. The van der Waals surface area contributed by atoms with Gasteiger partial charge in [-0.2, -0.15) is 0 Å². The van der Waals surface area contributed by atoms with Gasteiger partial charge in [-0.05, 0) is 32.9 Å². The van der Waals surface area contributed by atoms with Gasteiger partial charge in [-0.15, -0.1) is 0 Å². The summed E-state index contributed by atoms with van der Waals surface area (Å²) in [6.07, 6.45) is 1.64. The van der Waals surface area contributed by atoms with Crippen molar-refractivity contribution < 1.29 is 9.59 Å². The summed E-state index contributed by atoms with van der Waals surface area (Å²) in [4.78, 5) is 27.0. The number of hydrogen-bond donors (Lipinski definition) is 3. The molecule has 2 amide bonds. The van der Waals surface area contributed by atoms with Crippen molar-refractivity contribution in [2.75, 3.05) is 11.9 Å². The molecule has 1 rings (SSSR count). The molecule has 0 saturated heterocycles. The quantitative estimate of drug-likeness (QED) is 0.711. The predicted molar refractivity (Wildman–Crippen MR) is 73.8 cm³/mol. The monoisotopic (exact) mass is 264 g/mol. The first-order valence-corrected chi connectivity index (χ1v) is 6.15. The minimum absolute atomic E-state index is 0.0750. The van der Waals surface area contributed by atoms with Crippen molar-refractivity contribution in [1.29, 1.82) is 0 Å². The van der Waals surface area contributed by atoms with Crippen LogP contribution < -0.4 is 16.4 Å². The lowest BCUT2D eigenvalue weighted by Gasteiger charge is -2.24. The summed E-state index contributed by atoms with van der Waals surface area (Å²) in [5.74, 6) is -0.786. The second kappa shape index (κ2) is 6.17. The fourth-order valence-corrected chi connectivity index (χ4v) is 1.72. The molecule has 104 valence electrons. The van der Waals surface area contributed by atoms with Crippen molar-refractivity contribution in [1.82, 2.24) is 10.3 Å². The third kappa shape index (κ3) is 4.95. The highest BCUT2D eigenvalue weighted by atomic mass is 16.2. The van der Waals surface area contributed by atoms with E-state index in [1.165, 1.54) is 0 Å². The molecule has 1 aromatic rings. The number of anilines is 1. The Morgan fingerprint density at radius 1 is 1.42 bits per heavy atom. The molecular formula is C13H20N4O2. The molecule has 4 N–H and O–H groups in total. The molecule has 1 heterocycles. The number of nitrogens with one attached hydrogen (secondary N) is 2. The topological polar surface area (TPSA) is 97.1 Å². The van der Waals surface area contributed by atoms with Crippen LogP contribution in [0.2, 0.25) is 0 Å². The van der Waals surface area contributed by atoms with E-state index in [-0.39, 0.29) is 12.3 Å². The summed E-state index contributed by atoms with van der Waals surface area (Å²) in [6.45, 7) is 6.21. The lowest BCUT2D eigenvalue weighted by Crippen LogP contribution is -2.46. The first-order valence-electron chi connectivity index (χ1n) is 6.15. The van der Waals surface area contributed by atoms with Crippen LogP contribution in [0.25, 0.3) is 0 Å². The zero-order valence-corrected chi connectivity index (χ0v) is 11.5. The number of aromatic nitrogens is 1. The molecular weight excluding hydrogens is 244 g/mol. The zero-order valence-electron chi connectivity index (χ0n) is 11.5. The van der Waals surface area contributed by atoms with E-state index in [0.29, 0.717) is 5.69 Å². The first-order chi connectivity index (χ1) is 8.84. The predicted octanol–water partition coefficient (Wildman–Crippen LogP) is 0.897. The maximum Gasteiger partial charge on any atom is 0.270 e. The van der Waals surface area contributed by atoms with Crippen molar-refractivity contribution in [2.45, 2.75) is 32.7 Å². The van der Waals surface area contributed by atoms with Crippen molar-refractivity contribution >= 4 is 17.5 Å². The van der Waals surface area contributed by atoms with E-state index in [1.807, 2.05) is 6.92 Å². The number of pyridine rings is 1. The molecule has 0 saturated carbocycles. The number of nitrogens with zero attached hydrogens (tertiary/aromatic N) is 1. The van der Waals surface area contributed by atoms with Gasteiger partial charge in [0.25, 0.3) is 5.91 Å². The normalized spacial score (nSPS) is 10.9.